The van der Waals surface area contributed by atoms with Crippen molar-refractivity contribution in [3.05, 3.63) is 51.9 Å². The van der Waals surface area contributed by atoms with E-state index in [2.05, 4.69) is 39.8 Å². The summed E-state index contributed by atoms with van der Waals surface area (Å²) in [6.45, 7) is 13.4. The summed E-state index contributed by atoms with van der Waals surface area (Å²) in [5, 5.41) is 0.708. The second-order valence-electron chi connectivity index (χ2n) is 10.4. The van der Waals surface area contributed by atoms with Crippen LogP contribution in [0, 0.1) is 0 Å². The van der Waals surface area contributed by atoms with Crippen LogP contribution in [0.2, 0.25) is 0 Å². The first-order valence-electron chi connectivity index (χ1n) is 14.1. The maximum absolute atomic E-state index is 12.8. The van der Waals surface area contributed by atoms with Crippen molar-refractivity contribution in [2.24, 2.45) is 0 Å². The Morgan fingerprint density at radius 3 is 2.30 bits per heavy atom. The Hall–Kier alpha value is -2.69. The van der Waals surface area contributed by atoms with E-state index >= 15 is 0 Å². The third-order valence-corrected chi connectivity index (χ3v) is 6.16. The zero-order valence-electron chi connectivity index (χ0n) is 24.0. The molecule has 0 bridgehead atoms. The summed E-state index contributed by atoms with van der Waals surface area (Å²) in [5.74, 6) is 1.25. The summed E-state index contributed by atoms with van der Waals surface area (Å²) in [7, 11) is 0. The van der Waals surface area contributed by atoms with Crippen molar-refractivity contribution in [3.63, 3.8) is 0 Å². The molecular weight excluding hydrogens is 464 g/mol. The molecule has 1 heterocycles. The Kier molecular flexibility index (Phi) is 14.0. The molecule has 1 aromatic carbocycles. The third kappa shape index (κ3) is 11.5. The fraction of sp³-hybridized carbons (Fsp3) is 0.594. The van der Waals surface area contributed by atoms with Gasteiger partial charge in [-0.25, -0.2) is 4.79 Å². The zero-order chi connectivity index (χ0) is 27.0. The summed E-state index contributed by atoms with van der Waals surface area (Å²) < 4.78 is 23.5. The number of rotatable bonds is 18. The van der Waals surface area contributed by atoms with Crippen LogP contribution in [-0.4, -0.2) is 19.3 Å². The molecule has 0 aliphatic heterocycles. The Labute approximate surface area is 223 Å². The molecule has 206 valence electrons. The number of hydrogen-bond donors (Lipinski definition) is 0. The van der Waals surface area contributed by atoms with Gasteiger partial charge < -0.3 is 18.6 Å². The molecule has 0 fully saturated rings. The lowest BCUT2D eigenvalue weighted by atomic mass is 10.1. The van der Waals surface area contributed by atoms with Crippen molar-refractivity contribution in [3.8, 4) is 17.2 Å². The molecule has 0 spiro atoms. The number of unbranched alkanes of at least 4 members (excludes halogenated alkanes) is 7. The van der Waals surface area contributed by atoms with Gasteiger partial charge >= 0.3 is 5.63 Å². The van der Waals surface area contributed by atoms with Gasteiger partial charge in [0, 0.05) is 6.07 Å². The van der Waals surface area contributed by atoms with Crippen LogP contribution < -0.4 is 19.8 Å². The van der Waals surface area contributed by atoms with Gasteiger partial charge in [-0.05, 0) is 72.1 Å². The molecule has 0 saturated carbocycles. The first-order chi connectivity index (χ1) is 17.8. The van der Waals surface area contributed by atoms with Gasteiger partial charge in [-0.2, -0.15) is 0 Å². The highest BCUT2D eigenvalue weighted by Crippen LogP contribution is 2.35. The predicted molar refractivity (Wildman–Crippen MR) is 154 cm³/mol. The van der Waals surface area contributed by atoms with Gasteiger partial charge in [0.15, 0.2) is 5.75 Å². The van der Waals surface area contributed by atoms with Crippen molar-refractivity contribution in [1.82, 2.24) is 0 Å². The van der Waals surface area contributed by atoms with Gasteiger partial charge in [-0.3, -0.25) is 0 Å². The topological polar surface area (TPSA) is 57.9 Å². The van der Waals surface area contributed by atoms with Crippen LogP contribution >= 0.6 is 0 Å². The minimum atomic E-state index is -0.519. The summed E-state index contributed by atoms with van der Waals surface area (Å²) in [6.07, 6.45) is 15.9. The van der Waals surface area contributed by atoms with E-state index in [0.29, 0.717) is 35.7 Å². The first-order valence-corrected chi connectivity index (χ1v) is 14.1. The average molecular weight is 513 g/mol. The van der Waals surface area contributed by atoms with E-state index < -0.39 is 5.63 Å². The van der Waals surface area contributed by atoms with Crippen molar-refractivity contribution < 1.29 is 18.6 Å². The van der Waals surface area contributed by atoms with Gasteiger partial charge in [0.05, 0.1) is 18.1 Å². The third-order valence-electron chi connectivity index (χ3n) is 6.16. The number of fused-ring (bicyclic) bond motifs is 1. The lowest BCUT2D eigenvalue weighted by molar-refractivity contribution is 0.216. The molecule has 1 aromatic heterocycles. The van der Waals surface area contributed by atoms with Crippen LogP contribution in [-0.2, 0) is 0 Å². The maximum atomic E-state index is 12.8. The van der Waals surface area contributed by atoms with Crippen LogP contribution in [0.1, 0.15) is 106 Å². The smallest absolute Gasteiger partial charge is 0.383 e. The molecule has 0 aliphatic rings. The Bertz CT molecular complexity index is 1060. The Balaban J connectivity index is 2.03. The second kappa shape index (κ2) is 16.9. The molecule has 0 atom stereocenters. The minimum absolute atomic E-state index is 0.106. The van der Waals surface area contributed by atoms with Gasteiger partial charge in [0.1, 0.15) is 17.9 Å². The molecule has 0 aliphatic carbocycles. The molecule has 0 amide bonds. The largest absolute Gasteiger partial charge is 0.489 e. The highest BCUT2D eigenvalue weighted by molar-refractivity contribution is 5.86. The van der Waals surface area contributed by atoms with E-state index in [1.54, 1.807) is 6.07 Å². The van der Waals surface area contributed by atoms with Crippen molar-refractivity contribution >= 4 is 11.0 Å². The molecule has 5 nitrogen and oxygen atoms in total. The highest BCUT2D eigenvalue weighted by Gasteiger charge is 2.19. The van der Waals surface area contributed by atoms with Crippen molar-refractivity contribution in [2.45, 2.75) is 112 Å². The summed E-state index contributed by atoms with van der Waals surface area (Å²) in [5.41, 5.74) is 2.54. The van der Waals surface area contributed by atoms with E-state index in [1.807, 2.05) is 26.0 Å². The molecule has 0 unspecified atom stereocenters. The molecule has 0 saturated heterocycles. The fourth-order valence-electron chi connectivity index (χ4n) is 4.08. The van der Waals surface area contributed by atoms with E-state index in [-0.39, 0.29) is 11.9 Å². The normalized spacial score (nSPS) is 11.7. The van der Waals surface area contributed by atoms with Gasteiger partial charge in [0.25, 0.3) is 0 Å². The fourth-order valence-corrected chi connectivity index (χ4v) is 4.08. The Morgan fingerprint density at radius 2 is 1.62 bits per heavy atom. The van der Waals surface area contributed by atoms with E-state index in [0.717, 1.165) is 25.7 Å². The molecule has 0 N–H and O–H groups in total. The van der Waals surface area contributed by atoms with Crippen molar-refractivity contribution in [1.29, 1.82) is 0 Å². The van der Waals surface area contributed by atoms with E-state index in [1.165, 1.54) is 49.7 Å². The average Bonchev–Trinajstić information content (AvgIpc) is 2.83. The Morgan fingerprint density at radius 1 is 0.919 bits per heavy atom. The van der Waals surface area contributed by atoms with E-state index in [9.17, 15) is 4.79 Å². The number of ether oxygens (including phenoxy) is 3. The maximum Gasteiger partial charge on any atom is 0.383 e. The summed E-state index contributed by atoms with van der Waals surface area (Å²) in [6, 6.07) is 5.50. The first kappa shape index (κ1) is 30.5. The van der Waals surface area contributed by atoms with Crippen LogP contribution in [0.3, 0.4) is 0 Å². The van der Waals surface area contributed by atoms with Gasteiger partial charge in [0.2, 0.25) is 5.75 Å². The number of allylic oxidation sites excluding steroid dienone is 3. The molecular formula is C32H48O5. The van der Waals surface area contributed by atoms with Crippen LogP contribution in [0.15, 0.2) is 50.7 Å². The molecule has 2 aromatic rings. The van der Waals surface area contributed by atoms with Crippen LogP contribution in [0.4, 0.5) is 0 Å². The minimum Gasteiger partial charge on any atom is -0.489 e. The highest BCUT2D eigenvalue weighted by atomic mass is 16.5. The van der Waals surface area contributed by atoms with Crippen LogP contribution in [0.25, 0.3) is 11.0 Å². The SMILES string of the molecule is CCCCCCCCCCOc1c(OC(C)C)c2ccc(OC/C=C(\C)CCC=C(C)C)cc2oc1=O. The molecule has 2 rings (SSSR count). The van der Waals surface area contributed by atoms with Gasteiger partial charge in [-0.15, -0.1) is 0 Å². The quantitative estimate of drug-likeness (QED) is 0.113. The van der Waals surface area contributed by atoms with E-state index in [4.69, 9.17) is 18.6 Å². The molecule has 37 heavy (non-hydrogen) atoms. The van der Waals surface area contributed by atoms with Gasteiger partial charge in [-0.1, -0.05) is 69.1 Å². The monoisotopic (exact) mass is 512 g/mol. The second-order valence-corrected chi connectivity index (χ2v) is 10.4. The number of benzene rings is 1. The lowest BCUT2D eigenvalue weighted by Crippen LogP contribution is -2.14. The summed E-state index contributed by atoms with van der Waals surface area (Å²) in [4.78, 5) is 12.8. The molecule has 5 heteroatoms. The predicted octanol–water partition coefficient (Wildman–Crippen LogP) is 9.17. The van der Waals surface area contributed by atoms with Crippen LogP contribution in [0.5, 0.6) is 17.2 Å². The van der Waals surface area contributed by atoms with Crippen molar-refractivity contribution in [2.75, 3.05) is 13.2 Å². The summed E-state index contributed by atoms with van der Waals surface area (Å²) >= 11 is 0. The standard InChI is InChI=1S/C32H48O5/c1-7-8-9-10-11-12-13-14-21-35-31-30(36-25(4)5)28-19-18-27(23-29(28)37-32(31)33)34-22-20-26(6)17-15-16-24(2)3/h16,18-20,23,25H,7-15,17,21-22H2,1-6H3/b26-20+. The molecule has 0 radical (unpaired) electrons. The lowest BCUT2D eigenvalue weighted by Gasteiger charge is -2.16. The zero-order valence-corrected chi connectivity index (χ0v) is 24.0. The number of hydrogen-bond acceptors (Lipinski definition) is 5.